The van der Waals surface area contributed by atoms with Crippen LogP contribution >= 0.6 is 22.9 Å². The van der Waals surface area contributed by atoms with Gasteiger partial charge in [0.25, 0.3) is 5.56 Å². The van der Waals surface area contributed by atoms with Crippen molar-refractivity contribution in [1.82, 2.24) is 9.55 Å². The van der Waals surface area contributed by atoms with E-state index in [1.54, 1.807) is 42.7 Å². The van der Waals surface area contributed by atoms with Crippen molar-refractivity contribution in [3.63, 3.8) is 0 Å². The number of aryl methyl sites for hydroxylation is 2. The van der Waals surface area contributed by atoms with Crippen molar-refractivity contribution in [3.05, 3.63) is 74.3 Å². The Morgan fingerprint density at radius 3 is 2.82 bits per heavy atom. The van der Waals surface area contributed by atoms with Crippen LogP contribution in [0.25, 0.3) is 21.6 Å². The normalized spacial score (nSPS) is 13.0. The molecule has 0 unspecified atom stereocenters. The van der Waals surface area contributed by atoms with E-state index in [0.29, 0.717) is 33.2 Å². The number of amides is 1. The number of hydrogen-bond donors (Lipinski definition) is 1. The van der Waals surface area contributed by atoms with Crippen molar-refractivity contribution < 1.29 is 9.53 Å². The predicted octanol–water partition coefficient (Wildman–Crippen LogP) is 5.30. The molecule has 0 fully saturated rings. The van der Waals surface area contributed by atoms with Crippen molar-refractivity contribution >= 4 is 44.7 Å². The summed E-state index contributed by atoms with van der Waals surface area (Å²) in [7, 11) is 1.59. The molecule has 4 aromatic rings. The second-order valence-corrected chi connectivity index (χ2v) is 9.47. The third kappa shape index (κ3) is 4.14. The summed E-state index contributed by atoms with van der Waals surface area (Å²) < 4.78 is 6.83. The fourth-order valence-electron chi connectivity index (χ4n) is 4.26. The van der Waals surface area contributed by atoms with Gasteiger partial charge in [-0.15, -0.1) is 11.3 Å². The van der Waals surface area contributed by atoms with Crippen molar-refractivity contribution in [1.29, 1.82) is 0 Å². The van der Waals surface area contributed by atoms with Crippen molar-refractivity contribution in [2.45, 2.75) is 32.2 Å². The number of para-hydroxylation sites is 1. The third-order valence-electron chi connectivity index (χ3n) is 5.85. The van der Waals surface area contributed by atoms with Crippen molar-refractivity contribution in [3.8, 4) is 17.1 Å². The number of carbonyl (C=O) groups is 1. The first-order valence-electron chi connectivity index (χ1n) is 10.8. The molecule has 0 saturated heterocycles. The lowest BCUT2D eigenvalue weighted by Gasteiger charge is -2.15. The molecule has 8 heteroatoms. The van der Waals surface area contributed by atoms with Crippen LogP contribution in [0.2, 0.25) is 5.02 Å². The highest BCUT2D eigenvalue weighted by Crippen LogP contribution is 2.35. The number of aromatic nitrogens is 2. The molecule has 0 atom stereocenters. The lowest BCUT2D eigenvalue weighted by Crippen LogP contribution is -2.30. The van der Waals surface area contributed by atoms with E-state index in [1.807, 2.05) is 24.3 Å². The van der Waals surface area contributed by atoms with E-state index in [0.717, 1.165) is 36.1 Å². The second-order valence-electron chi connectivity index (χ2n) is 7.98. The average molecular weight is 480 g/mol. The van der Waals surface area contributed by atoms with E-state index in [4.69, 9.17) is 21.3 Å². The van der Waals surface area contributed by atoms with Gasteiger partial charge < -0.3 is 10.1 Å². The molecule has 168 valence electrons. The molecule has 6 nitrogen and oxygen atoms in total. The fraction of sp³-hybridized carbons (Fsp3) is 0.240. The number of nitrogens with zero attached hydrogens (tertiary/aromatic N) is 2. The molecule has 0 spiro atoms. The molecule has 0 saturated carbocycles. The van der Waals surface area contributed by atoms with Gasteiger partial charge >= 0.3 is 0 Å². The number of methoxy groups -OCH3 is 1. The number of nitrogens with one attached hydrogen (secondary N) is 1. The van der Waals surface area contributed by atoms with Gasteiger partial charge in [0.05, 0.1) is 23.2 Å². The van der Waals surface area contributed by atoms with Crippen LogP contribution < -0.4 is 15.6 Å². The molecule has 1 aliphatic carbocycles. The number of fused-ring (bicyclic) bond motifs is 3. The number of thiophene rings is 1. The number of benzene rings is 2. The summed E-state index contributed by atoms with van der Waals surface area (Å²) >= 11 is 7.79. The quantitative estimate of drug-likeness (QED) is 0.421. The molecule has 1 aliphatic rings. The van der Waals surface area contributed by atoms with Crippen LogP contribution in [-0.4, -0.2) is 22.6 Å². The Morgan fingerprint density at radius 2 is 2.00 bits per heavy atom. The van der Waals surface area contributed by atoms with Gasteiger partial charge in [0.1, 0.15) is 22.9 Å². The van der Waals surface area contributed by atoms with Gasteiger partial charge in [-0.2, -0.15) is 0 Å². The van der Waals surface area contributed by atoms with E-state index in [2.05, 4.69) is 5.32 Å². The molecule has 2 heterocycles. The molecule has 0 radical (unpaired) electrons. The standard InChI is InChI=1S/C25H22ClN3O3S/c1-32-16-8-6-7-15(13-16)23-28-24-22(17-9-2-5-12-20(17)33-24)25(31)29(23)14-21(30)27-19-11-4-3-10-18(19)26/h3-4,6-8,10-11,13H,2,5,9,12,14H2,1H3,(H,27,30). The zero-order chi connectivity index (χ0) is 22.9. The lowest BCUT2D eigenvalue weighted by molar-refractivity contribution is -0.116. The monoisotopic (exact) mass is 479 g/mol. The minimum Gasteiger partial charge on any atom is -0.497 e. The first-order chi connectivity index (χ1) is 16.0. The average Bonchev–Trinajstić information content (AvgIpc) is 3.21. The Bertz CT molecular complexity index is 1430. The lowest BCUT2D eigenvalue weighted by atomic mass is 9.97. The zero-order valence-corrected chi connectivity index (χ0v) is 19.6. The summed E-state index contributed by atoms with van der Waals surface area (Å²) in [5.74, 6) is 0.748. The maximum atomic E-state index is 13.8. The van der Waals surface area contributed by atoms with Gasteiger partial charge in [-0.05, 0) is 55.5 Å². The second kappa shape index (κ2) is 9.00. The van der Waals surface area contributed by atoms with E-state index < -0.39 is 0 Å². The van der Waals surface area contributed by atoms with Crippen molar-refractivity contribution in [2.24, 2.45) is 0 Å². The van der Waals surface area contributed by atoms with E-state index >= 15 is 0 Å². The summed E-state index contributed by atoms with van der Waals surface area (Å²) in [5, 5.41) is 3.89. The van der Waals surface area contributed by atoms with Crippen LogP contribution in [0.1, 0.15) is 23.3 Å². The molecule has 0 aliphatic heterocycles. The van der Waals surface area contributed by atoms with E-state index in [1.165, 1.54) is 9.44 Å². The number of rotatable bonds is 5. The number of ether oxygens (including phenoxy) is 1. The minimum absolute atomic E-state index is 0.176. The maximum Gasteiger partial charge on any atom is 0.263 e. The van der Waals surface area contributed by atoms with Crippen LogP contribution in [0.3, 0.4) is 0 Å². The molecule has 1 N–H and O–H groups in total. The Hall–Kier alpha value is -3.16. The van der Waals surface area contributed by atoms with Gasteiger partial charge in [0.2, 0.25) is 5.91 Å². The summed E-state index contributed by atoms with van der Waals surface area (Å²) in [6.07, 6.45) is 4.02. The number of carbonyl (C=O) groups excluding carboxylic acids is 1. The first-order valence-corrected chi connectivity index (χ1v) is 12.0. The molecule has 0 bridgehead atoms. The number of hydrogen-bond acceptors (Lipinski definition) is 5. The highest BCUT2D eigenvalue weighted by molar-refractivity contribution is 7.18. The van der Waals surface area contributed by atoms with Gasteiger partial charge in [-0.1, -0.05) is 35.9 Å². The Labute approximate surface area is 199 Å². The summed E-state index contributed by atoms with van der Waals surface area (Å²) in [5.41, 5.74) is 2.12. The van der Waals surface area contributed by atoms with Crippen LogP contribution in [0, 0.1) is 0 Å². The minimum atomic E-state index is -0.348. The Morgan fingerprint density at radius 1 is 1.18 bits per heavy atom. The van der Waals surface area contributed by atoms with E-state index in [9.17, 15) is 9.59 Å². The van der Waals surface area contributed by atoms with Crippen LogP contribution in [0.5, 0.6) is 5.75 Å². The molecular formula is C25H22ClN3O3S. The van der Waals surface area contributed by atoms with Crippen molar-refractivity contribution in [2.75, 3.05) is 12.4 Å². The molecular weight excluding hydrogens is 458 g/mol. The predicted molar refractivity (Wildman–Crippen MR) is 133 cm³/mol. The van der Waals surface area contributed by atoms with Gasteiger partial charge in [-0.25, -0.2) is 4.98 Å². The van der Waals surface area contributed by atoms with Crippen LogP contribution in [0.4, 0.5) is 5.69 Å². The highest BCUT2D eigenvalue weighted by Gasteiger charge is 2.23. The first kappa shape index (κ1) is 21.7. The summed E-state index contributed by atoms with van der Waals surface area (Å²) in [4.78, 5) is 33.6. The largest absolute Gasteiger partial charge is 0.497 e. The number of halogens is 1. The molecule has 1 amide bonds. The van der Waals surface area contributed by atoms with Gasteiger partial charge in [0.15, 0.2) is 0 Å². The highest BCUT2D eigenvalue weighted by atomic mass is 35.5. The number of anilines is 1. The Kier molecular flexibility index (Phi) is 5.91. The maximum absolute atomic E-state index is 13.8. The third-order valence-corrected chi connectivity index (χ3v) is 7.37. The van der Waals surface area contributed by atoms with Gasteiger partial charge in [0, 0.05) is 10.4 Å². The topological polar surface area (TPSA) is 73.2 Å². The zero-order valence-electron chi connectivity index (χ0n) is 18.1. The molecule has 33 heavy (non-hydrogen) atoms. The fourth-order valence-corrected chi connectivity index (χ4v) is 5.70. The van der Waals surface area contributed by atoms with Crippen LogP contribution in [0.15, 0.2) is 53.3 Å². The SMILES string of the molecule is COc1cccc(-c2nc3sc4c(c3c(=O)n2CC(=O)Nc2ccccc2Cl)CCCC4)c1. The Balaban J connectivity index is 1.64. The molecule has 2 aromatic heterocycles. The van der Waals surface area contributed by atoms with Gasteiger partial charge in [-0.3, -0.25) is 14.2 Å². The van der Waals surface area contributed by atoms with Crippen LogP contribution in [-0.2, 0) is 24.2 Å². The molecule has 5 rings (SSSR count). The molecule has 2 aromatic carbocycles. The van der Waals surface area contributed by atoms with E-state index in [-0.39, 0.29) is 18.0 Å². The smallest absolute Gasteiger partial charge is 0.263 e. The summed E-state index contributed by atoms with van der Waals surface area (Å²) in [6.45, 7) is -0.176. The summed E-state index contributed by atoms with van der Waals surface area (Å²) in [6, 6.07) is 14.4.